The van der Waals surface area contributed by atoms with E-state index in [9.17, 15) is 9.59 Å². The molecule has 2 amide bonds. The molecule has 19 heavy (non-hydrogen) atoms. The Bertz CT molecular complexity index is 334. The second-order valence-corrected chi connectivity index (χ2v) is 5.70. The van der Waals surface area contributed by atoms with Gasteiger partial charge in [0.25, 0.3) is 0 Å². The third kappa shape index (κ3) is 4.09. The molecule has 1 saturated heterocycles. The lowest BCUT2D eigenvalue weighted by Crippen LogP contribution is -2.56. The summed E-state index contributed by atoms with van der Waals surface area (Å²) >= 11 is 0. The quantitative estimate of drug-likeness (QED) is 0.767. The van der Waals surface area contributed by atoms with Crippen LogP contribution in [0.2, 0.25) is 0 Å². The second kappa shape index (κ2) is 6.23. The average molecular weight is 271 g/mol. The standard InChI is InChI=1S/C13H25N3O3/c1-13(2,11(17)19-5)14-10-6-8-16(9-7-10)12(18)15(3)4/h10,14H,6-9H2,1-5H3. The number of hydrogen-bond donors (Lipinski definition) is 1. The Labute approximate surface area is 115 Å². The number of nitrogens with zero attached hydrogens (tertiary/aromatic N) is 2. The van der Waals surface area contributed by atoms with Crippen molar-refractivity contribution in [2.45, 2.75) is 38.3 Å². The van der Waals surface area contributed by atoms with Crippen molar-refractivity contribution in [3.05, 3.63) is 0 Å². The van der Waals surface area contributed by atoms with Crippen LogP contribution in [0.25, 0.3) is 0 Å². The van der Waals surface area contributed by atoms with Crippen molar-refractivity contribution < 1.29 is 14.3 Å². The number of methoxy groups -OCH3 is 1. The second-order valence-electron chi connectivity index (χ2n) is 5.70. The lowest BCUT2D eigenvalue weighted by Gasteiger charge is -2.37. The zero-order valence-corrected chi connectivity index (χ0v) is 12.5. The van der Waals surface area contributed by atoms with Gasteiger partial charge in [-0.25, -0.2) is 4.79 Å². The van der Waals surface area contributed by atoms with Crippen LogP contribution in [0.15, 0.2) is 0 Å². The number of esters is 1. The Morgan fingerprint density at radius 2 is 1.79 bits per heavy atom. The van der Waals surface area contributed by atoms with Gasteiger partial charge in [0, 0.05) is 33.2 Å². The van der Waals surface area contributed by atoms with Crippen LogP contribution in [-0.2, 0) is 9.53 Å². The van der Waals surface area contributed by atoms with Crippen LogP contribution >= 0.6 is 0 Å². The van der Waals surface area contributed by atoms with Gasteiger partial charge in [-0.15, -0.1) is 0 Å². The van der Waals surface area contributed by atoms with Crippen molar-refractivity contribution in [1.82, 2.24) is 15.1 Å². The molecule has 1 fully saturated rings. The van der Waals surface area contributed by atoms with Gasteiger partial charge in [0.1, 0.15) is 5.54 Å². The fraction of sp³-hybridized carbons (Fsp3) is 0.846. The lowest BCUT2D eigenvalue weighted by molar-refractivity contribution is -0.147. The highest BCUT2D eigenvalue weighted by Crippen LogP contribution is 2.15. The molecule has 0 atom stereocenters. The number of carbonyl (C=O) groups excluding carboxylic acids is 2. The van der Waals surface area contributed by atoms with Gasteiger partial charge in [-0.05, 0) is 26.7 Å². The molecule has 0 aromatic heterocycles. The van der Waals surface area contributed by atoms with Gasteiger partial charge >= 0.3 is 12.0 Å². The lowest BCUT2D eigenvalue weighted by atomic mass is 9.99. The van der Waals surface area contributed by atoms with Crippen LogP contribution in [0.3, 0.4) is 0 Å². The molecule has 0 radical (unpaired) electrons. The summed E-state index contributed by atoms with van der Waals surface area (Å²) in [5, 5.41) is 3.31. The van der Waals surface area contributed by atoms with Crippen LogP contribution in [0, 0.1) is 0 Å². The van der Waals surface area contributed by atoms with E-state index < -0.39 is 5.54 Å². The molecular formula is C13H25N3O3. The minimum Gasteiger partial charge on any atom is -0.468 e. The maximum atomic E-state index is 11.8. The minimum absolute atomic E-state index is 0.0469. The molecule has 0 aromatic rings. The van der Waals surface area contributed by atoms with Gasteiger partial charge in [-0.1, -0.05) is 0 Å². The van der Waals surface area contributed by atoms with Crippen LogP contribution in [0.1, 0.15) is 26.7 Å². The highest BCUT2D eigenvalue weighted by molar-refractivity contribution is 5.79. The van der Waals surface area contributed by atoms with E-state index in [0.717, 1.165) is 12.8 Å². The third-order valence-electron chi connectivity index (χ3n) is 3.41. The number of ether oxygens (including phenoxy) is 1. The van der Waals surface area contributed by atoms with Gasteiger partial charge in [-0.3, -0.25) is 10.1 Å². The number of nitrogens with one attached hydrogen (secondary N) is 1. The molecule has 0 spiro atoms. The van der Waals surface area contributed by atoms with Crippen molar-refractivity contribution in [1.29, 1.82) is 0 Å². The van der Waals surface area contributed by atoms with E-state index in [-0.39, 0.29) is 18.0 Å². The maximum Gasteiger partial charge on any atom is 0.325 e. The van der Waals surface area contributed by atoms with Gasteiger partial charge < -0.3 is 14.5 Å². The summed E-state index contributed by atoms with van der Waals surface area (Å²) in [5.41, 5.74) is -0.687. The Morgan fingerprint density at radius 1 is 1.26 bits per heavy atom. The summed E-state index contributed by atoms with van der Waals surface area (Å²) in [6.45, 7) is 5.06. The van der Waals surface area contributed by atoms with E-state index in [0.29, 0.717) is 13.1 Å². The molecular weight excluding hydrogens is 246 g/mol. The van der Waals surface area contributed by atoms with Crippen LogP contribution in [0.5, 0.6) is 0 Å². The number of rotatable bonds is 3. The van der Waals surface area contributed by atoms with Crippen LogP contribution in [0.4, 0.5) is 4.79 Å². The van der Waals surface area contributed by atoms with Crippen molar-refractivity contribution >= 4 is 12.0 Å². The predicted molar refractivity (Wildman–Crippen MR) is 72.9 cm³/mol. The maximum absolute atomic E-state index is 11.8. The van der Waals surface area contributed by atoms with E-state index >= 15 is 0 Å². The van der Waals surface area contributed by atoms with Gasteiger partial charge in [0.15, 0.2) is 0 Å². The average Bonchev–Trinajstić information content (AvgIpc) is 2.37. The molecule has 0 aliphatic carbocycles. The molecule has 1 aliphatic rings. The summed E-state index contributed by atoms with van der Waals surface area (Å²) in [7, 11) is 4.91. The first-order valence-electron chi connectivity index (χ1n) is 6.60. The number of urea groups is 1. The fourth-order valence-corrected chi connectivity index (χ4v) is 2.32. The van der Waals surface area contributed by atoms with Gasteiger partial charge in [-0.2, -0.15) is 0 Å². The normalized spacial score (nSPS) is 17.2. The summed E-state index contributed by atoms with van der Waals surface area (Å²) in [5.74, 6) is -0.265. The molecule has 1 aliphatic heterocycles. The van der Waals surface area contributed by atoms with Crippen molar-refractivity contribution in [2.24, 2.45) is 0 Å². The zero-order chi connectivity index (χ0) is 14.6. The van der Waals surface area contributed by atoms with Crippen LogP contribution < -0.4 is 5.32 Å². The van der Waals surface area contributed by atoms with E-state index in [1.807, 2.05) is 18.7 Å². The Morgan fingerprint density at radius 3 is 2.21 bits per heavy atom. The van der Waals surface area contributed by atoms with E-state index in [1.54, 1.807) is 19.0 Å². The Kier molecular flexibility index (Phi) is 5.17. The first-order valence-corrected chi connectivity index (χ1v) is 6.60. The molecule has 1 heterocycles. The monoisotopic (exact) mass is 271 g/mol. The SMILES string of the molecule is COC(=O)C(C)(C)NC1CCN(C(=O)N(C)C)CC1. The van der Waals surface area contributed by atoms with E-state index in [2.05, 4.69) is 5.32 Å². The summed E-state index contributed by atoms with van der Waals surface area (Å²) < 4.78 is 4.77. The highest BCUT2D eigenvalue weighted by atomic mass is 16.5. The third-order valence-corrected chi connectivity index (χ3v) is 3.41. The number of carbonyl (C=O) groups is 2. The van der Waals surface area contributed by atoms with Gasteiger partial charge in [0.2, 0.25) is 0 Å². The predicted octanol–water partition coefficient (Wildman–Crippen LogP) is 0.674. The first kappa shape index (κ1) is 15.8. The van der Waals surface area contributed by atoms with Crippen molar-refractivity contribution in [3.8, 4) is 0 Å². The molecule has 1 rings (SSSR count). The molecule has 110 valence electrons. The topological polar surface area (TPSA) is 61.9 Å². The molecule has 6 heteroatoms. The molecule has 0 unspecified atom stereocenters. The number of hydrogen-bond acceptors (Lipinski definition) is 4. The number of amides is 2. The van der Waals surface area contributed by atoms with Gasteiger partial charge in [0.05, 0.1) is 7.11 Å². The van der Waals surface area contributed by atoms with E-state index in [4.69, 9.17) is 4.74 Å². The van der Waals surface area contributed by atoms with E-state index in [1.165, 1.54) is 7.11 Å². The molecule has 0 aromatic carbocycles. The molecule has 6 nitrogen and oxygen atoms in total. The smallest absolute Gasteiger partial charge is 0.325 e. The van der Waals surface area contributed by atoms with Crippen LogP contribution in [-0.4, -0.2) is 67.7 Å². The summed E-state index contributed by atoms with van der Waals surface area (Å²) in [6.07, 6.45) is 1.69. The van der Waals surface area contributed by atoms with Crippen molar-refractivity contribution in [2.75, 3.05) is 34.3 Å². The summed E-state index contributed by atoms with van der Waals surface area (Å²) in [4.78, 5) is 26.8. The highest BCUT2D eigenvalue weighted by Gasteiger charge is 2.33. The Balaban J connectivity index is 2.47. The molecule has 0 saturated carbocycles. The molecule has 1 N–H and O–H groups in total. The Hall–Kier alpha value is -1.30. The minimum atomic E-state index is -0.687. The number of piperidine rings is 1. The first-order chi connectivity index (χ1) is 8.77. The summed E-state index contributed by atoms with van der Waals surface area (Å²) in [6, 6.07) is 0.283. The molecule has 0 bridgehead atoms. The zero-order valence-electron chi connectivity index (χ0n) is 12.5. The largest absolute Gasteiger partial charge is 0.468 e. The fourth-order valence-electron chi connectivity index (χ4n) is 2.32. The number of likely N-dealkylation sites (tertiary alicyclic amines) is 1. The van der Waals surface area contributed by atoms with Crippen molar-refractivity contribution in [3.63, 3.8) is 0 Å².